The molecular weight excluding hydrogens is 514 g/mol. The van der Waals surface area contributed by atoms with Crippen molar-refractivity contribution in [1.82, 2.24) is 20.6 Å². The highest BCUT2D eigenvalue weighted by molar-refractivity contribution is 8.18. The molecule has 0 unspecified atom stereocenters. The van der Waals surface area contributed by atoms with Crippen LogP contribution in [0.15, 0.2) is 71.1 Å². The lowest BCUT2D eigenvalue weighted by Crippen LogP contribution is -2.38. The Hall–Kier alpha value is -3.53. The van der Waals surface area contributed by atoms with Crippen molar-refractivity contribution < 1.29 is 9.59 Å². The maximum absolute atomic E-state index is 11.8. The van der Waals surface area contributed by atoms with Gasteiger partial charge in [-0.15, -0.1) is 11.3 Å². The summed E-state index contributed by atoms with van der Waals surface area (Å²) in [6, 6.07) is 19.2. The van der Waals surface area contributed by atoms with E-state index in [0.29, 0.717) is 22.5 Å². The third-order valence-corrected chi connectivity index (χ3v) is 8.74. The normalized spacial score (nSPS) is 17.5. The Morgan fingerprint density at radius 2 is 1.95 bits per heavy atom. The molecule has 9 heteroatoms. The molecule has 2 aliphatic heterocycles. The number of thioether (sulfide) groups is 1. The van der Waals surface area contributed by atoms with E-state index in [2.05, 4.69) is 79.4 Å². The first-order valence-electron chi connectivity index (χ1n) is 12.7. The van der Waals surface area contributed by atoms with Gasteiger partial charge in [0, 0.05) is 41.5 Å². The van der Waals surface area contributed by atoms with E-state index >= 15 is 0 Å². The van der Waals surface area contributed by atoms with Gasteiger partial charge in [-0.3, -0.25) is 14.9 Å². The van der Waals surface area contributed by atoms with Gasteiger partial charge in [0.15, 0.2) is 0 Å². The number of fused-ring (bicyclic) bond motifs is 1. The average Bonchev–Trinajstić information content (AvgIpc) is 3.51. The highest BCUT2D eigenvalue weighted by Crippen LogP contribution is 2.34. The first kappa shape index (κ1) is 24.8. The van der Waals surface area contributed by atoms with Gasteiger partial charge in [0.25, 0.3) is 11.1 Å². The van der Waals surface area contributed by atoms with Crippen molar-refractivity contribution in [2.24, 2.45) is 5.92 Å². The molecule has 2 amide bonds. The zero-order valence-corrected chi connectivity index (χ0v) is 22.4. The van der Waals surface area contributed by atoms with Crippen molar-refractivity contribution in [2.75, 3.05) is 24.5 Å². The number of benzene rings is 2. The van der Waals surface area contributed by atoms with Crippen LogP contribution in [-0.4, -0.2) is 40.7 Å². The summed E-state index contributed by atoms with van der Waals surface area (Å²) in [6.07, 6.45) is 5.47. The van der Waals surface area contributed by atoms with Crippen molar-refractivity contribution >= 4 is 56.4 Å². The summed E-state index contributed by atoms with van der Waals surface area (Å²) in [4.78, 5) is 34.8. The van der Waals surface area contributed by atoms with Crippen LogP contribution in [0.25, 0.3) is 27.3 Å². The number of piperidine rings is 1. The van der Waals surface area contributed by atoms with Gasteiger partial charge in [0.05, 0.1) is 10.6 Å². The van der Waals surface area contributed by atoms with E-state index in [0.717, 1.165) is 50.8 Å². The van der Waals surface area contributed by atoms with E-state index in [9.17, 15) is 9.59 Å². The zero-order chi connectivity index (χ0) is 25.9. The number of carbonyl (C=O) groups excluding carboxylic acids is 2. The molecule has 2 aromatic heterocycles. The number of thiophene rings is 1. The Balaban J connectivity index is 1.01. The first-order chi connectivity index (χ1) is 18.6. The molecular formula is C29H27N5O2S2. The van der Waals surface area contributed by atoms with E-state index in [1.54, 1.807) is 29.7 Å². The number of imide groups is 1. The SMILES string of the molecule is O=C1NC(=O)C(=Cc2ccnc(N3CCC(CNCc4cccc(-c5csc6ccccc56)c4)CC3)n2)S1. The summed E-state index contributed by atoms with van der Waals surface area (Å²) in [5, 5.41) is 9.16. The van der Waals surface area contributed by atoms with Crippen LogP contribution in [0.2, 0.25) is 0 Å². The highest BCUT2D eigenvalue weighted by atomic mass is 32.2. The zero-order valence-electron chi connectivity index (χ0n) is 20.7. The molecule has 4 aromatic rings. The minimum absolute atomic E-state index is 0.352. The van der Waals surface area contributed by atoms with Crippen LogP contribution in [0, 0.1) is 5.92 Å². The number of hydrogen-bond donors (Lipinski definition) is 2. The standard InChI is InChI=1S/C29H27N5O2S2/c35-27-26(38-29(36)33-27)15-22-8-11-31-28(32-22)34-12-9-19(10-13-34)16-30-17-20-4-3-5-21(14-20)24-18-37-25-7-2-1-6-23(24)25/h1-8,11,14-15,18-19,30H,9-10,12-13,16-17H2,(H,33,35,36). The quantitative estimate of drug-likeness (QED) is 0.291. The molecule has 0 spiro atoms. The Morgan fingerprint density at radius 3 is 2.79 bits per heavy atom. The van der Waals surface area contributed by atoms with Gasteiger partial charge >= 0.3 is 0 Å². The van der Waals surface area contributed by atoms with E-state index in [-0.39, 0.29) is 11.1 Å². The van der Waals surface area contributed by atoms with Crippen molar-refractivity contribution in [1.29, 1.82) is 0 Å². The number of carbonyl (C=O) groups is 2. The fourth-order valence-electron chi connectivity index (χ4n) is 4.96. The van der Waals surface area contributed by atoms with Gasteiger partial charge in [0.2, 0.25) is 5.95 Å². The fourth-order valence-corrected chi connectivity index (χ4v) is 6.59. The molecule has 7 nitrogen and oxygen atoms in total. The molecule has 2 fully saturated rings. The molecule has 0 radical (unpaired) electrons. The molecule has 2 aliphatic rings. The molecule has 0 bridgehead atoms. The van der Waals surface area contributed by atoms with Crippen LogP contribution in [-0.2, 0) is 11.3 Å². The molecule has 6 rings (SSSR count). The van der Waals surface area contributed by atoms with Gasteiger partial charge in [0.1, 0.15) is 0 Å². The van der Waals surface area contributed by atoms with Crippen LogP contribution in [0.4, 0.5) is 10.7 Å². The van der Waals surface area contributed by atoms with Gasteiger partial charge in [-0.2, -0.15) is 0 Å². The Kier molecular flexibility index (Phi) is 7.22. The maximum atomic E-state index is 11.8. The number of rotatable bonds is 7. The Morgan fingerprint density at radius 1 is 1.08 bits per heavy atom. The smallest absolute Gasteiger partial charge is 0.290 e. The van der Waals surface area contributed by atoms with Gasteiger partial charge in [-0.25, -0.2) is 9.97 Å². The molecule has 0 aliphatic carbocycles. The molecule has 38 heavy (non-hydrogen) atoms. The Bertz CT molecular complexity index is 1520. The van der Waals surface area contributed by atoms with E-state index in [1.807, 2.05) is 0 Å². The van der Waals surface area contributed by atoms with E-state index in [4.69, 9.17) is 0 Å². The second kappa shape index (κ2) is 11.1. The molecule has 2 N–H and O–H groups in total. The van der Waals surface area contributed by atoms with Crippen molar-refractivity contribution in [2.45, 2.75) is 19.4 Å². The van der Waals surface area contributed by atoms with E-state index < -0.39 is 0 Å². The minimum atomic E-state index is -0.375. The van der Waals surface area contributed by atoms with Crippen LogP contribution >= 0.6 is 23.1 Å². The van der Waals surface area contributed by atoms with Crippen molar-refractivity contribution in [3.05, 3.63) is 82.3 Å². The fraction of sp³-hybridized carbons (Fsp3) is 0.241. The first-order valence-corrected chi connectivity index (χ1v) is 14.4. The number of amides is 2. The summed E-state index contributed by atoms with van der Waals surface area (Å²) in [5.41, 5.74) is 4.50. The highest BCUT2D eigenvalue weighted by Gasteiger charge is 2.25. The second-order valence-corrected chi connectivity index (χ2v) is 11.5. The van der Waals surface area contributed by atoms with Crippen LogP contribution < -0.4 is 15.5 Å². The predicted octanol–water partition coefficient (Wildman–Crippen LogP) is 5.69. The third kappa shape index (κ3) is 5.50. The minimum Gasteiger partial charge on any atom is -0.341 e. The molecule has 0 atom stereocenters. The van der Waals surface area contributed by atoms with Crippen LogP contribution in [0.3, 0.4) is 0 Å². The van der Waals surface area contributed by atoms with Crippen LogP contribution in [0.1, 0.15) is 24.1 Å². The number of anilines is 1. The van der Waals surface area contributed by atoms with Crippen molar-refractivity contribution in [3.8, 4) is 11.1 Å². The molecule has 192 valence electrons. The largest absolute Gasteiger partial charge is 0.341 e. The summed E-state index contributed by atoms with van der Waals surface area (Å²) < 4.78 is 1.32. The number of nitrogens with zero attached hydrogens (tertiary/aromatic N) is 3. The Labute approximate surface area is 229 Å². The van der Waals surface area contributed by atoms with Gasteiger partial charge in [-0.05, 0) is 77.8 Å². The predicted molar refractivity (Wildman–Crippen MR) is 155 cm³/mol. The monoisotopic (exact) mass is 541 g/mol. The average molecular weight is 542 g/mol. The van der Waals surface area contributed by atoms with Gasteiger partial charge < -0.3 is 10.2 Å². The third-order valence-electron chi connectivity index (χ3n) is 6.96. The summed E-state index contributed by atoms with van der Waals surface area (Å²) in [6.45, 7) is 3.61. The number of aromatic nitrogens is 2. The summed E-state index contributed by atoms with van der Waals surface area (Å²) >= 11 is 2.69. The molecule has 4 heterocycles. The van der Waals surface area contributed by atoms with Crippen molar-refractivity contribution in [3.63, 3.8) is 0 Å². The molecule has 0 saturated carbocycles. The summed E-state index contributed by atoms with van der Waals surface area (Å²) in [5.74, 6) is 0.892. The lowest BCUT2D eigenvalue weighted by atomic mass is 9.97. The number of hydrogen-bond acceptors (Lipinski definition) is 8. The lowest BCUT2D eigenvalue weighted by molar-refractivity contribution is -0.115. The topological polar surface area (TPSA) is 87.2 Å². The van der Waals surface area contributed by atoms with Crippen LogP contribution in [0.5, 0.6) is 0 Å². The molecule has 2 saturated heterocycles. The molecule has 2 aromatic carbocycles. The number of nitrogens with one attached hydrogen (secondary N) is 2. The maximum Gasteiger partial charge on any atom is 0.290 e. The van der Waals surface area contributed by atoms with E-state index in [1.165, 1.54) is 26.8 Å². The lowest BCUT2D eigenvalue weighted by Gasteiger charge is -2.32. The summed E-state index contributed by atoms with van der Waals surface area (Å²) in [7, 11) is 0. The van der Waals surface area contributed by atoms with Gasteiger partial charge in [-0.1, -0.05) is 36.4 Å². The second-order valence-electron chi connectivity index (χ2n) is 9.54.